The van der Waals surface area contributed by atoms with Crippen LogP contribution in [0.4, 0.5) is 4.39 Å². The Bertz CT molecular complexity index is 840. The predicted molar refractivity (Wildman–Crippen MR) is 115 cm³/mol. The van der Waals surface area contributed by atoms with Gasteiger partial charge < -0.3 is 4.74 Å². The Morgan fingerprint density at radius 3 is 2.68 bits per heavy atom. The summed E-state index contributed by atoms with van der Waals surface area (Å²) in [4.78, 5) is 0. The van der Waals surface area contributed by atoms with Gasteiger partial charge in [0.05, 0.1) is 0 Å². The Morgan fingerprint density at radius 2 is 1.86 bits per heavy atom. The molecular weight excluding hydrogens is 347 g/mol. The van der Waals surface area contributed by atoms with Crippen molar-refractivity contribution in [3.05, 3.63) is 53.9 Å². The molecule has 2 unspecified atom stereocenters. The van der Waals surface area contributed by atoms with Gasteiger partial charge in [-0.1, -0.05) is 56.2 Å². The second-order valence-electron chi connectivity index (χ2n) is 8.86. The van der Waals surface area contributed by atoms with Gasteiger partial charge in [0.2, 0.25) is 0 Å². The second kappa shape index (κ2) is 8.68. The summed E-state index contributed by atoms with van der Waals surface area (Å²) in [7, 11) is 0. The molecule has 0 aromatic heterocycles. The summed E-state index contributed by atoms with van der Waals surface area (Å²) in [6.07, 6.45) is 13.4. The van der Waals surface area contributed by atoms with E-state index in [4.69, 9.17) is 4.74 Å². The summed E-state index contributed by atoms with van der Waals surface area (Å²) >= 11 is 0. The summed E-state index contributed by atoms with van der Waals surface area (Å²) < 4.78 is 20.4. The minimum atomic E-state index is -0.241. The number of halogens is 1. The van der Waals surface area contributed by atoms with Crippen molar-refractivity contribution >= 4 is 10.8 Å². The molecule has 28 heavy (non-hydrogen) atoms. The molecule has 0 saturated heterocycles. The molecule has 4 atom stereocenters. The van der Waals surface area contributed by atoms with Crippen molar-refractivity contribution in [2.24, 2.45) is 17.8 Å². The molecule has 0 bridgehead atoms. The molecule has 0 radical (unpaired) electrons. The standard InChI is InChI=1S/C26H33FO/c1-3-5-14-28-25-13-11-23-17-22(10-12-24(23)26(25)27)21-9-8-19-15-18(4-2)6-7-20(19)16-21/h3,5,10-13,17-21H,4,6-9,14-16H2,1-2H3/b5-3+/t18?,19-,20?,21-/m1/s1. The van der Waals surface area contributed by atoms with Gasteiger partial charge in [-0.05, 0) is 79.7 Å². The molecule has 1 nitrogen and oxygen atoms in total. The average molecular weight is 381 g/mol. The molecule has 2 heteroatoms. The second-order valence-corrected chi connectivity index (χ2v) is 8.86. The fraction of sp³-hybridized carbons (Fsp3) is 0.538. The highest BCUT2D eigenvalue weighted by atomic mass is 19.1. The van der Waals surface area contributed by atoms with Gasteiger partial charge in [0.1, 0.15) is 6.61 Å². The van der Waals surface area contributed by atoms with Crippen LogP contribution in [0.1, 0.15) is 70.3 Å². The summed E-state index contributed by atoms with van der Waals surface area (Å²) in [6, 6.07) is 10.1. The molecule has 2 fully saturated rings. The fourth-order valence-corrected chi connectivity index (χ4v) is 5.55. The molecular formula is C26H33FO. The molecule has 0 aliphatic heterocycles. The van der Waals surface area contributed by atoms with E-state index >= 15 is 0 Å². The summed E-state index contributed by atoms with van der Waals surface area (Å²) in [5.41, 5.74) is 1.39. The molecule has 150 valence electrons. The highest BCUT2D eigenvalue weighted by molar-refractivity contribution is 5.85. The Morgan fingerprint density at radius 1 is 1.04 bits per heavy atom. The van der Waals surface area contributed by atoms with Crippen molar-refractivity contribution < 1.29 is 9.13 Å². The van der Waals surface area contributed by atoms with Crippen molar-refractivity contribution in [2.45, 2.75) is 64.7 Å². The quantitative estimate of drug-likeness (QED) is 0.484. The lowest BCUT2D eigenvalue weighted by Crippen LogP contribution is -2.30. The van der Waals surface area contributed by atoms with Crippen LogP contribution in [-0.4, -0.2) is 6.61 Å². The molecule has 4 rings (SSSR count). The van der Waals surface area contributed by atoms with Crippen molar-refractivity contribution in [1.82, 2.24) is 0 Å². The van der Waals surface area contributed by atoms with Crippen LogP contribution >= 0.6 is 0 Å². The zero-order chi connectivity index (χ0) is 19.5. The van der Waals surface area contributed by atoms with Gasteiger partial charge in [-0.2, -0.15) is 0 Å². The van der Waals surface area contributed by atoms with Crippen molar-refractivity contribution in [3.63, 3.8) is 0 Å². The Kier molecular flexibility index (Phi) is 6.04. The van der Waals surface area contributed by atoms with Gasteiger partial charge in [-0.15, -0.1) is 0 Å². The number of benzene rings is 2. The molecule has 0 N–H and O–H groups in total. The normalized spacial score (nSPS) is 27.8. The van der Waals surface area contributed by atoms with E-state index in [-0.39, 0.29) is 5.82 Å². The molecule has 2 saturated carbocycles. The van der Waals surface area contributed by atoms with E-state index < -0.39 is 0 Å². The van der Waals surface area contributed by atoms with Crippen LogP contribution in [0.2, 0.25) is 0 Å². The van der Waals surface area contributed by atoms with Crippen LogP contribution in [0.3, 0.4) is 0 Å². The van der Waals surface area contributed by atoms with Crippen LogP contribution in [0.15, 0.2) is 42.5 Å². The maximum atomic E-state index is 14.8. The summed E-state index contributed by atoms with van der Waals surface area (Å²) in [5, 5.41) is 1.66. The number of fused-ring (bicyclic) bond motifs is 2. The van der Waals surface area contributed by atoms with Gasteiger partial charge in [-0.25, -0.2) is 4.39 Å². The lowest BCUT2D eigenvalue weighted by atomic mass is 9.63. The first-order valence-electron chi connectivity index (χ1n) is 11.2. The van der Waals surface area contributed by atoms with E-state index in [1.807, 2.05) is 31.2 Å². The smallest absolute Gasteiger partial charge is 0.172 e. The van der Waals surface area contributed by atoms with Crippen LogP contribution < -0.4 is 4.74 Å². The zero-order valence-electron chi connectivity index (χ0n) is 17.3. The molecule has 0 spiro atoms. The average Bonchev–Trinajstić information content (AvgIpc) is 2.74. The highest BCUT2D eigenvalue weighted by Gasteiger charge is 2.35. The van der Waals surface area contributed by atoms with Crippen LogP contribution in [0, 0.1) is 23.6 Å². The SMILES string of the molecule is C/C=C/COc1ccc2cc([C@@H]3CC[C@@H]4CC(CC)CCC4C3)ccc2c1F. The van der Waals surface area contributed by atoms with E-state index in [0.29, 0.717) is 23.7 Å². The van der Waals surface area contributed by atoms with Gasteiger partial charge in [-0.3, -0.25) is 0 Å². The molecule has 2 aliphatic rings. The Hall–Kier alpha value is -1.83. The van der Waals surface area contributed by atoms with Gasteiger partial charge >= 0.3 is 0 Å². The lowest BCUT2D eigenvalue weighted by Gasteiger charge is -2.42. The number of hydrogen-bond donors (Lipinski definition) is 0. The maximum Gasteiger partial charge on any atom is 0.172 e. The van der Waals surface area contributed by atoms with E-state index in [2.05, 4.69) is 19.1 Å². The van der Waals surface area contributed by atoms with E-state index in [9.17, 15) is 4.39 Å². The Labute approximate surface area is 169 Å². The Balaban J connectivity index is 1.50. The third-order valence-electron chi connectivity index (χ3n) is 7.28. The highest BCUT2D eigenvalue weighted by Crippen LogP contribution is 2.48. The van der Waals surface area contributed by atoms with Crippen LogP contribution in [0.5, 0.6) is 5.75 Å². The largest absolute Gasteiger partial charge is 0.486 e. The van der Waals surface area contributed by atoms with Gasteiger partial charge in [0, 0.05) is 5.39 Å². The third-order valence-corrected chi connectivity index (χ3v) is 7.28. The number of hydrogen-bond acceptors (Lipinski definition) is 1. The monoisotopic (exact) mass is 380 g/mol. The molecule has 0 amide bonds. The third kappa shape index (κ3) is 3.97. The molecule has 2 aromatic rings. The first-order valence-corrected chi connectivity index (χ1v) is 11.2. The predicted octanol–water partition coefficient (Wildman–Crippen LogP) is 7.64. The summed E-state index contributed by atoms with van der Waals surface area (Å²) in [5.74, 6) is 3.55. The van der Waals surface area contributed by atoms with Gasteiger partial charge in [0.15, 0.2) is 11.6 Å². The van der Waals surface area contributed by atoms with E-state index in [1.54, 1.807) is 6.07 Å². The maximum absolute atomic E-state index is 14.8. The van der Waals surface area contributed by atoms with Crippen molar-refractivity contribution in [1.29, 1.82) is 0 Å². The number of ether oxygens (including phenoxy) is 1. The molecule has 2 aromatic carbocycles. The van der Waals surface area contributed by atoms with E-state index in [0.717, 1.165) is 23.1 Å². The lowest BCUT2D eigenvalue weighted by molar-refractivity contribution is 0.116. The first kappa shape index (κ1) is 19.5. The number of allylic oxidation sites excluding steroid dienone is 1. The molecule has 0 heterocycles. The fourth-order valence-electron chi connectivity index (χ4n) is 5.55. The van der Waals surface area contributed by atoms with Crippen molar-refractivity contribution in [3.8, 4) is 5.75 Å². The first-order chi connectivity index (χ1) is 13.7. The zero-order valence-corrected chi connectivity index (χ0v) is 17.3. The summed E-state index contributed by atoms with van der Waals surface area (Å²) in [6.45, 7) is 4.69. The molecule has 2 aliphatic carbocycles. The van der Waals surface area contributed by atoms with Gasteiger partial charge in [0.25, 0.3) is 0 Å². The van der Waals surface area contributed by atoms with E-state index in [1.165, 1.54) is 50.5 Å². The van der Waals surface area contributed by atoms with Crippen LogP contribution in [-0.2, 0) is 0 Å². The minimum absolute atomic E-state index is 0.241. The van der Waals surface area contributed by atoms with Crippen LogP contribution in [0.25, 0.3) is 10.8 Å². The number of rotatable bonds is 5. The van der Waals surface area contributed by atoms with Crippen molar-refractivity contribution in [2.75, 3.05) is 6.61 Å². The minimum Gasteiger partial charge on any atom is -0.486 e. The topological polar surface area (TPSA) is 9.23 Å².